The number of carbonyl (C=O) groups excluding carboxylic acids is 2. The monoisotopic (exact) mass is 325 g/mol. The van der Waals surface area contributed by atoms with Gasteiger partial charge in [-0.3, -0.25) is 9.79 Å². The van der Waals surface area contributed by atoms with E-state index in [1.807, 2.05) is 38.1 Å². The van der Waals surface area contributed by atoms with E-state index in [4.69, 9.17) is 4.74 Å². The summed E-state index contributed by atoms with van der Waals surface area (Å²) in [4.78, 5) is 29.8. The van der Waals surface area contributed by atoms with Gasteiger partial charge in [0.15, 0.2) is 0 Å². The van der Waals surface area contributed by atoms with E-state index in [1.165, 1.54) is 0 Å². The number of nitrogens with zero attached hydrogens (tertiary/aromatic N) is 1. The Kier molecular flexibility index (Phi) is 4.65. The second-order valence-electron chi connectivity index (χ2n) is 6.51. The van der Waals surface area contributed by atoms with E-state index in [9.17, 15) is 9.59 Å². The van der Waals surface area contributed by atoms with E-state index in [0.29, 0.717) is 24.3 Å². The van der Waals surface area contributed by atoms with E-state index in [1.54, 1.807) is 6.92 Å². The van der Waals surface area contributed by atoms with Gasteiger partial charge in [0, 0.05) is 23.7 Å². The van der Waals surface area contributed by atoms with E-state index < -0.39 is 0 Å². The molecule has 1 saturated carbocycles. The molecule has 4 heteroatoms. The SMILES string of the molecule is CCOC(=O)C1=C(C)N=C2CCCC(=O)[C@H]2[C@H]1c1ccc(C)cc1. The Morgan fingerprint density at radius 1 is 1.17 bits per heavy atom. The maximum Gasteiger partial charge on any atom is 0.336 e. The van der Waals surface area contributed by atoms with Gasteiger partial charge in [-0.2, -0.15) is 0 Å². The summed E-state index contributed by atoms with van der Waals surface area (Å²) in [5.41, 5.74) is 4.26. The van der Waals surface area contributed by atoms with Crippen molar-refractivity contribution in [2.24, 2.45) is 10.9 Å². The highest BCUT2D eigenvalue weighted by Crippen LogP contribution is 2.43. The zero-order valence-corrected chi connectivity index (χ0v) is 14.5. The summed E-state index contributed by atoms with van der Waals surface area (Å²) in [6.07, 6.45) is 2.23. The van der Waals surface area contributed by atoms with E-state index in [2.05, 4.69) is 4.99 Å². The summed E-state index contributed by atoms with van der Waals surface area (Å²) < 4.78 is 5.26. The highest BCUT2D eigenvalue weighted by atomic mass is 16.5. The molecule has 3 rings (SSSR count). The van der Waals surface area contributed by atoms with E-state index in [0.717, 1.165) is 29.7 Å². The first-order valence-electron chi connectivity index (χ1n) is 8.57. The quantitative estimate of drug-likeness (QED) is 0.796. The molecule has 0 saturated heterocycles. The summed E-state index contributed by atoms with van der Waals surface area (Å²) in [6, 6.07) is 8.06. The van der Waals surface area contributed by atoms with Crippen molar-refractivity contribution >= 4 is 17.5 Å². The number of rotatable bonds is 3. The minimum atomic E-state index is -0.359. The number of aliphatic imine (C=N–C) groups is 1. The zero-order chi connectivity index (χ0) is 17.3. The highest BCUT2D eigenvalue weighted by Gasteiger charge is 2.43. The van der Waals surface area contributed by atoms with Crippen LogP contribution in [0.15, 0.2) is 40.5 Å². The normalized spacial score (nSPS) is 23.6. The summed E-state index contributed by atoms with van der Waals surface area (Å²) in [5, 5.41) is 0. The van der Waals surface area contributed by atoms with Crippen LogP contribution in [0.25, 0.3) is 0 Å². The summed E-state index contributed by atoms with van der Waals surface area (Å²) in [5.74, 6) is -0.795. The van der Waals surface area contributed by atoms with Crippen molar-refractivity contribution < 1.29 is 14.3 Å². The largest absolute Gasteiger partial charge is 0.463 e. The average Bonchev–Trinajstić information content (AvgIpc) is 2.55. The van der Waals surface area contributed by atoms with Crippen molar-refractivity contribution in [1.29, 1.82) is 0 Å². The van der Waals surface area contributed by atoms with Crippen molar-refractivity contribution in [3.63, 3.8) is 0 Å². The lowest BCUT2D eigenvalue weighted by atomic mass is 9.69. The minimum absolute atomic E-state index is 0.180. The number of allylic oxidation sites excluding steroid dienone is 1. The molecule has 1 aliphatic carbocycles. The molecule has 0 unspecified atom stereocenters. The number of Topliss-reactive ketones (excluding diaryl/α,β-unsaturated/α-hetero) is 1. The lowest BCUT2D eigenvalue weighted by Crippen LogP contribution is -2.39. The molecule has 1 fully saturated rings. The van der Waals surface area contributed by atoms with Gasteiger partial charge in [0.05, 0.1) is 18.1 Å². The average molecular weight is 325 g/mol. The molecule has 126 valence electrons. The second kappa shape index (κ2) is 6.71. The molecule has 2 aliphatic rings. The summed E-state index contributed by atoms with van der Waals surface area (Å²) >= 11 is 0. The molecular formula is C20H23NO3. The van der Waals surface area contributed by atoms with Crippen LogP contribution in [-0.4, -0.2) is 24.1 Å². The minimum Gasteiger partial charge on any atom is -0.463 e. The molecule has 1 aromatic carbocycles. The van der Waals surface area contributed by atoms with Crippen molar-refractivity contribution in [3.8, 4) is 0 Å². The van der Waals surface area contributed by atoms with E-state index in [-0.39, 0.29) is 23.6 Å². The van der Waals surface area contributed by atoms with Crippen LogP contribution in [0.1, 0.15) is 50.2 Å². The van der Waals surface area contributed by atoms with Gasteiger partial charge in [-0.05, 0) is 39.2 Å². The predicted octanol–water partition coefficient (Wildman–Crippen LogP) is 3.74. The number of esters is 1. The molecule has 1 aliphatic heterocycles. The fraction of sp³-hybridized carbons (Fsp3) is 0.450. The molecular weight excluding hydrogens is 302 g/mol. The molecule has 0 N–H and O–H groups in total. The number of ketones is 1. The summed E-state index contributed by atoms with van der Waals surface area (Å²) in [7, 11) is 0. The number of hydrogen-bond acceptors (Lipinski definition) is 4. The Morgan fingerprint density at radius 2 is 1.88 bits per heavy atom. The van der Waals surface area contributed by atoms with Gasteiger partial charge in [0.25, 0.3) is 0 Å². The number of carbonyl (C=O) groups is 2. The Hall–Kier alpha value is -2.23. The van der Waals surface area contributed by atoms with E-state index >= 15 is 0 Å². The molecule has 0 aromatic heterocycles. The van der Waals surface area contributed by atoms with Crippen LogP contribution in [0, 0.1) is 12.8 Å². The second-order valence-corrected chi connectivity index (χ2v) is 6.51. The van der Waals surface area contributed by atoms with Gasteiger partial charge in [-0.15, -0.1) is 0 Å². The maximum absolute atomic E-state index is 12.7. The molecule has 4 nitrogen and oxygen atoms in total. The Labute approximate surface area is 142 Å². The topological polar surface area (TPSA) is 55.7 Å². The van der Waals surface area contributed by atoms with Crippen molar-refractivity contribution in [2.75, 3.05) is 6.61 Å². The van der Waals surface area contributed by atoms with Crippen LogP contribution in [0.3, 0.4) is 0 Å². The Bertz CT molecular complexity index is 728. The van der Waals surface area contributed by atoms with Gasteiger partial charge in [-0.25, -0.2) is 4.79 Å². The summed E-state index contributed by atoms with van der Waals surface area (Å²) in [6.45, 7) is 5.97. The van der Waals surface area contributed by atoms with Gasteiger partial charge in [0.2, 0.25) is 0 Å². The molecule has 0 radical (unpaired) electrons. The number of aryl methyl sites for hydroxylation is 1. The standard InChI is InChI=1S/C20H23NO3/c1-4-24-20(23)17-13(3)21-15-6-5-7-16(22)19(15)18(17)14-10-8-12(2)9-11-14/h8-11,18-19H,4-7H2,1-3H3/t18-,19-/m0/s1. The van der Waals surface area contributed by atoms with Crippen molar-refractivity contribution in [3.05, 3.63) is 46.7 Å². The smallest absolute Gasteiger partial charge is 0.336 e. The third-order valence-corrected chi connectivity index (χ3v) is 4.84. The fourth-order valence-corrected chi connectivity index (χ4v) is 3.73. The van der Waals surface area contributed by atoms with Crippen LogP contribution < -0.4 is 0 Å². The van der Waals surface area contributed by atoms with Gasteiger partial charge >= 0.3 is 5.97 Å². The molecule has 1 heterocycles. The lowest BCUT2D eigenvalue weighted by Gasteiger charge is -2.35. The molecule has 1 aromatic rings. The number of hydrogen-bond donors (Lipinski definition) is 0. The van der Waals surface area contributed by atoms with Crippen LogP contribution >= 0.6 is 0 Å². The first-order valence-corrected chi connectivity index (χ1v) is 8.57. The van der Waals surface area contributed by atoms with Crippen LogP contribution in [0.2, 0.25) is 0 Å². The molecule has 0 spiro atoms. The molecule has 0 bridgehead atoms. The first kappa shape index (κ1) is 16.6. The fourth-order valence-electron chi connectivity index (χ4n) is 3.73. The number of benzene rings is 1. The maximum atomic E-state index is 12.7. The zero-order valence-electron chi connectivity index (χ0n) is 14.5. The van der Waals surface area contributed by atoms with Crippen LogP contribution in [-0.2, 0) is 14.3 Å². The highest BCUT2D eigenvalue weighted by molar-refractivity contribution is 6.11. The van der Waals surface area contributed by atoms with Crippen LogP contribution in [0.5, 0.6) is 0 Å². The molecule has 0 amide bonds. The van der Waals surface area contributed by atoms with Gasteiger partial charge in [-0.1, -0.05) is 29.8 Å². The Balaban J connectivity index is 2.14. The van der Waals surface area contributed by atoms with Gasteiger partial charge in [0.1, 0.15) is 5.78 Å². The van der Waals surface area contributed by atoms with Crippen molar-refractivity contribution in [2.45, 2.75) is 46.0 Å². The molecule has 2 atom stereocenters. The Morgan fingerprint density at radius 3 is 2.54 bits per heavy atom. The third-order valence-electron chi connectivity index (χ3n) is 4.84. The lowest BCUT2D eigenvalue weighted by molar-refractivity contribution is -0.139. The molecule has 24 heavy (non-hydrogen) atoms. The first-order chi connectivity index (χ1) is 11.5. The predicted molar refractivity (Wildman–Crippen MR) is 93.0 cm³/mol. The van der Waals surface area contributed by atoms with Gasteiger partial charge < -0.3 is 4.74 Å². The number of ether oxygens (including phenoxy) is 1. The third kappa shape index (κ3) is 2.93. The van der Waals surface area contributed by atoms with Crippen LogP contribution in [0.4, 0.5) is 0 Å². The number of fused-ring (bicyclic) bond motifs is 1. The van der Waals surface area contributed by atoms with Crippen molar-refractivity contribution in [1.82, 2.24) is 0 Å².